The Morgan fingerprint density at radius 3 is 2.62 bits per heavy atom. The SMILES string of the molecule is CCCOC1=C(C)C[N+](C)([O-])C(C)(C)CC1. The van der Waals surface area contributed by atoms with E-state index in [4.69, 9.17) is 4.74 Å². The van der Waals surface area contributed by atoms with E-state index in [1.165, 1.54) is 0 Å². The minimum Gasteiger partial charge on any atom is -0.632 e. The Kier molecular flexibility index (Phi) is 4.02. The summed E-state index contributed by atoms with van der Waals surface area (Å²) in [4.78, 5) is 0. The predicted molar refractivity (Wildman–Crippen MR) is 66.7 cm³/mol. The quantitative estimate of drug-likeness (QED) is 0.548. The molecule has 1 aliphatic rings. The molecule has 94 valence electrons. The summed E-state index contributed by atoms with van der Waals surface area (Å²) < 4.78 is 5.55. The molecule has 16 heavy (non-hydrogen) atoms. The molecule has 1 unspecified atom stereocenters. The van der Waals surface area contributed by atoms with Gasteiger partial charge in [0, 0.05) is 18.4 Å². The zero-order chi connectivity index (χ0) is 12.4. The lowest BCUT2D eigenvalue weighted by molar-refractivity contribution is -0.905. The Hall–Kier alpha value is -0.540. The van der Waals surface area contributed by atoms with Crippen LogP contribution >= 0.6 is 0 Å². The monoisotopic (exact) mass is 227 g/mol. The molecule has 0 aromatic rings. The number of nitrogens with zero attached hydrogens (tertiary/aromatic N) is 1. The molecule has 0 radical (unpaired) electrons. The van der Waals surface area contributed by atoms with Crippen molar-refractivity contribution in [2.75, 3.05) is 20.2 Å². The Balaban J connectivity index is 2.83. The van der Waals surface area contributed by atoms with E-state index in [0.717, 1.165) is 37.2 Å². The number of allylic oxidation sites excluding steroid dienone is 1. The fourth-order valence-electron chi connectivity index (χ4n) is 2.04. The maximum atomic E-state index is 12.5. The molecule has 1 aliphatic heterocycles. The molecule has 0 bridgehead atoms. The highest BCUT2D eigenvalue weighted by Gasteiger charge is 2.36. The largest absolute Gasteiger partial charge is 0.632 e. The van der Waals surface area contributed by atoms with Crippen molar-refractivity contribution >= 4 is 0 Å². The number of likely N-dealkylation sites (N-methyl/N-ethyl adjacent to an activating group) is 1. The van der Waals surface area contributed by atoms with Gasteiger partial charge in [0.25, 0.3) is 0 Å². The molecule has 0 aromatic carbocycles. The summed E-state index contributed by atoms with van der Waals surface area (Å²) in [5, 5.41) is 12.5. The number of quaternary nitrogens is 1. The van der Waals surface area contributed by atoms with Crippen LogP contribution in [0.25, 0.3) is 0 Å². The molecule has 1 atom stereocenters. The number of rotatable bonds is 3. The highest BCUT2D eigenvalue weighted by Crippen LogP contribution is 2.34. The van der Waals surface area contributed by atoms with E-state index < -0.39 is 0 Å². The highest BCUT2D eigenvalue weighted by atomic mass is 16.5. The molecular weight excluding hydrogens is 202 g/mol. The van der Waals surface area contributed by atoms with E-state index in [9.17, 15) is 5.21 Å². The van der Waals surface area contributed by atoms with E-state index in [2.05, 4.69) is 20.8 Å². The van der Waals surface area contributed by atoms with E-state index >= 15 is 0 Å². The van der Waals surface area contributed by atoms with Crippen LogP contribution in [0.15, 0.2) is 11.3 Å². The summed E-state index contributed by atoms with van der Waals surface area (Å²) in [7, 11) is 1.77. The number of ether oxygens (including phenoxy) is 1. The van der Waals surface area contributed by atoms with Gasteiger partial charge < -0.3 is 14.6 Å². The molecular formula is C13H25NO2. The third kappa shape index (κ3) is 2.77. The summed E-state index contributed by atoms with van der Waals surface area (Å²) in [6, 6.07) is 0. The van der Waals surface area contributed by atoms with Crippen molar-refractivity contribution in [3.8, 4) is 0 Å². The van der Waals surface area contributed by atoms with Crippen LogP contribution in [0, 0.1) is 5.21 Å². The lowest BCUT2D eigenvalue weighted by Crippen LogP contribution is -2.54. The Morgan fingerprint density at radius 2 is 2.06 bits per heavy atom. The first-order chi connectivity index (χ1) is 7.30. The molecule has 1 heterocycles. The Labute approximate surface area is 99.3 Å². The lowest BCUT2D eigenvalue weighted by Gasteiger charge is -2.50. The van der Waals surface area contributed by atoms with Crippen LogP contribution in [0.2, 0.25) is 0 Å². The van der Waals surface area contributed by atoms with Crippen LogP contribution < -0.4 is 0 Å². The summed E-state index contributed by atoms with van der Waals surface area (Å²) >= 11 is 0. The van der Waals surface area contributed by atoms with Crippen LogP contribution in [0.3, 0.4) is 0 Å². The van der Waals surface area contributed by atoms with Crippen molar-refractivity contribution in [3.63, 3.8) is 0 Å². The number of hydroxylamine groups is 3. The molecule has 0 saturated carbocycles. The van der Waals surface area contributed by atoms with Crippen molar-refractivity contribution < 1.29 is 9.38 Å². The van der Waals surface area contributed by atoms with Crippen LogP contribution in [0.4, 0.5) is 0 Å². The summed E-state index contributed by atoms with van der Waals surface area (Å²) in [6.45, 7) is 9.54. The minimum absolute atomic E-state index is 0.197. The Bertz CT molecular complexity index is 280. The molecule has 0 spiro atoms. The molecule has 0 N–H and O–H groups in total. The van der Waals surface area contributed by atoms with Crippen LogP contribution in [0.5, 0.6) is 0 Å². The van der Waals surface area contributed by atoms with Gasteiger partial charge in [-0.25, -0.2) is 0 Å². The van der Waals surface area contributed by atoms with Gasteiger partial charge in [0.05, 0.1) is 19.2 Å². The van der Waals surface area contributed by atoms with Gasteiger partial charge in [0.15, 0.2) is 0 Å². The van der Waals surface area contributed by atoms with E-state index in [1.807, 2.05) is 6.92 Å². The maximum Gasteiger partial charge on any atom is 0.104 e. The van der Waals surface area contributed by atoms with Gasteiger partial charge in [-0.1, -0.05) is 6.92 Å². The van der Waals surface area contributed by atoms with Crippen LogP contribution in [-0.2, 0) is 4.74 Å². The molecule has 0 amide bonds. The molecule has 0 saturated heterocycles. The molecule has 0 aliphatic carbocycles. The fraction of sp³-hybridized carbons (Fsp3) is 0.846. The minimum atomic E-state index is -0.224. The van der Waals surface area contributed by atoms with Crippen molar-refractivity contribution in [1.29, 1.82) is 0 Å². The maximum absolute atomic E-state index is 12.5. The average molecular weight is 227 g/mol. The van der Waals surface area contributed by atoms with Gasteiger partial charge in [-0.3, -0.25) is 0 Å². The normalized spacial score (nSPS) is 30.1. The first-order valence-corrected chi connectivity index (χ1v) is 6.18. The van der Waals surface area contributed by atoms with Gasteiger partial charge in [-0.05, 0) is 27.2 Å². The zero-order valence-corrected chi connectivity index (χ0v) is 11.3. The molecule has 3 heteroatoms. The van der Waals surface area contributed by atoms with Crippen LogP contribution in [0.1, 0.15) is 47.0 Å². The van der Waals surface area contributed by atoms with Crippen molar-refractivity contribution in [2.45, 2.75) is 52.5 Å². The molecule has 0 fully saturated rings. The third-order valence-corrected chi connectivity index (χ3v) is 3.74. The smallest absolute Gasteiger partial charge is 0.104 e. The third-order valence-electron chi connectivity index (χ3n) is 3.74. The lowest BCUT2D eigenvalue weighted by atomic mass is 9.97. The summed E-state index contributed by atoms with van der Waals surface area (Å²) in [5.74, 6) is 1.05. The van der Waals surface area contributed by atoms with E-state index in [-0.39, 0.29) is 10.2 Å². The van der Waals surface area contributed by atoms with E-state index in [1.54, 1.807) is 7.05 Å². The topological polar surface area (TPSA) is 32.3 Å². The van der Waals surface area contributed by atoms with Gasteiger partial charge in [0.1, 0.15) is 12.3 Å². The van der Waals surface area contributed by atoms with Crippen molar-refractivity contribution in [3.05, 3.63) is 16.5 Å². The molecule has 3 nitrogen and oxygen atoms in total. The van der Waals surface area contributed by atoms with Gasteiger partial charge in [-0.2, -0.15) is 0 Å². The van der Waals surface area contributed by atoms with Gasteiger partial charge in [-0.15, -0.1) is 0 Å². The number of hydrogen-bond acceptors (Lipinski definition) is 2. The standard InChI is InChI=1S/C13H25NO2/c1-6-9-16-12-7-8-13(3,4)14(5,15)10-11(12)2/h6-10H2,1-5H3. The van der Waals surface area contributed by atoms with Crippen molar-refractivity contribution in [1.82, 2.24) is 0 Å². The second-order valence-electron chi connectivity index (χ2n) is 5.62. The second kappa shape index (κ2) is 4.76. The first kappa shape index (κ1) is 13.5. The van der Waals surface area contributed by atoms with E-state index in [0.29, 0.717) is 6.54 Å². The Morgan fingerprint density at radius 1 is 1.44 bits per heavy atom. The van der Waals surface area contributed by atoms with Gasteiger partial charge >= 0.3 is 0 Å². The fourth-order valence-corrected chi connectivity index (χ4v) is 2.04. The highest BCUT2D eigenvalue weighted by molar-refractivity contribution is 5.09. The van der Waals surface area contributed by atoms with Gasteiger partial charge in [0.2, 0.25) is 0 Å². The summed E-state index contributed by atoms with van der Waals surface area (Å²) in [6.07, 6.45) is 2.81. The first-order valence-electron chi connectivity index (χ1n) is 6.18. The zero-order valence-electron chi connectivity index (χ0n) is 11.3. The number of hydrogen-bond donors (Lipinski definition) is 0. The summed E-state index contributed by atoms with van der Waals surface area (Å²) in [5.41, 5.74) is 0.898. The van der Waals surface area contributed by atoms with Crippen molar-refractivity contribution in [2.24, 2.45) is 0 Å². The predicted octanol–water partition coefficient (Wildman–Crippen LogP) is 3.20. The van der Waals surface area contributed by atoms with Crippen LogP contribution in [-0.4, -0.2) is 30.4 Å². The molecule has 0 aromatic heterocycles. The molecule has 1 rings (SSSR count). The second-order valence-corrected chi connectivity index (χ2v) is 5.62. The average Bonchev–Trinajstić information content (AvgIpc) is 2.22.